The van der Waals surface area contributed by atoms with Gasteiger partial charge in [0.15, 0.2) is 0 Å². The number of para-hydroxylation sites is 1. The number of carbonyl (C=O) groups excluding carboxylic acids is 1. The molecule has 0 saturated heterocycles. The molecule has 5 rings (SSSR count). The first-order valence-electron chi connectivity index (χ1n) is 12.9. The molecule has 2 aromatic heterocycles. The lowest BCUT2D eigenvalue weighted by atomic mass is 10.0. The minimum Gasteiger partial charge on any atom is -0.496 e. The second kappa shape index (κ2) is 11.4. The zero-order valence-electron chi connectivity index (χ0n) is 20.8. The predicted octanol–water partition coefficient (Wildman–Crippen LogP) is 5.43. The summed E-state index contributed by atoms with van der Waals surface area (Å²) in [6.07, 6.45) is 11.0. The number of benzene rings is 2. The van der Waals surface area contributed by atoms with Crippen molar-refractivity contribution in [2.45, 2.75) is 57.9 Å². The van der Waals surface area contributed by atoms with Crippen molar-refractivity contribution in [2.75, 3.05) is 13.7 Å². The Bertz CT molecular complexity index is 1310. The van der Waals surface area contributed by atoms with Gasteiger partial charge in [-0.25, -0.2) is 4.98 Å². The molecule has 1 fully saturated rings. The molecule has 0 radical (unpaired) electrons. The van der Waals surface area contributed by atoms with Gasteiger partial charge in [-0.2, -0.15) is 4.98 Å². The molecule has 0 unspecified atom stereocenters. The second-order valence-corrected chi connectivity index (χ2v) is 9.51. The minimum atomic E-state index is -0.115. The van der Waals surface area contributed by atoms with Crippen molar-refractivity contribution in [3.63, 3.8) is 0 Å². The van der Waals surface area contributed by atoms with Crippen molar-refractivity contribution in [3.05, 3.63) is 60.2 Å². The summed E-state index contributed by atoms with van der Waals surface area (Å²) in [4.78, 5) is 21.6. The highest BCUT2D eigenvalue weighted by Gasteiger charge is 2.17. The number of aromatic nitrogens is 4. The van der Waals surface area contributed by atoms with Crippen LogP contribution in [-0.4, -0.2) is 39.3 Å². The quantitative estimate of drug-likeness (QED) is 0.284. The first kappa shape index (κ1) is 24.0. The van der Waals surface area contributed by atoms with Crippen LogP contribution < -0.4 is 10.1 Å². The highest BCUT2D eigenvalue weighted by molar-refractivity contribution is 5.96. The summed E-state index contributed by atoms with van der Waals surface area (Å²) >= 11 is 0. The molecule has 2 aromatic carbocycles. The number of rotatable bonds is 11. The van der Waals surface area contributed by atoms with E-state index in [0.29, 0.717) is 23.7 Å². The fraction of sp³-hybridized carbons (Fsp3) is 0.429. The van der Waals surface area contributed by atoms with E-state index >= 15 is 0 Å². The number of aryl methyl sites for hydroxylation is 2. The van der Waals surface area contributed by atoms with Crippen molar-refractivity contribution in [1.82, 2.24) is 25.0 Å². The Kier molecular flexibility index (Phi) is 7.59. The maximum absolute atomic E-state index is 12.4. The summed E-state index contributed by atoms with van der Waals surface area (Å²) in [7, 11) is 1.57. The van der Waals surface area contributed by atoms with Crippen LogP contribution in [0.5, 0.6) is 5.75 Å². The first-order chi connectivity index (χ1) is 17.7. The summed E-state index contributed by atoms with van der Waals surface area (Å²) in [6.45, 7) is 1.43. The van der Waals surface area contributed by atoms with Crippen LogP contribution in [0.15, 0.2) is 53.3 Å². The number of nitrogens with one attached hydrogen (secondary N) is 1. The molecular formula is C28H33N5O3. The SMILES string of the molecule is COc1ccccc1C(=O)NCCCCn1cnc2cc(-c3noc(CCC4CCCC4)n3)ccc21. The zero-order chi connectivity index (χ0) is 24.7. The molecule has 1 amide bonds. The van der Waals surface area contributed by atoms with Crippen molar-refractivity contribution in [1.29, 1.82) is 0 Å². The largest absolute Gasteiger partial charge is 0.496 e. The molecule has 36 heavy (non-hydrogen) atoms. The summed E-state index contributed by atoms with van der Waals surface area (Å²) in [5.41, 5.74) is 3.46. The Labute approximate surface area is 211 Å². The van der Waals surface area contributed by atoms with E-state index in [1.165, 1.54) is 25.7 Å². The van der Waals surface area contributed by atoms with Crippen molar-refractivity contribution >= 4 is 16.9 Å². The Morgan fingerprint density at radius 2 is 2.03 bits per heavy atom. The Balaban J connectivity index is 1.12. The molecule has 2 heterocycles. The number of imidazole rings is 1. The van der Waals surface area contributed by atoms with E-state index in [4.69, 9.17) is 9.26 Å². The normalized spacial score (nSPS) is 13.9. The van der Waals surface area contributed by atoms with Crippen LogP contribution in [0.1, 0.15) is 61.2 Å². The third-order valence-corrected chi connectivity index (χ3v) is 7.05. The first-order valence-corrected chi connectivity index (χ1v) is 12.9. The average molecular weight is 488 g/mol. The second-order valence-electron chi connectivity index (χ2n) is 9.51. The number of fused-ring (bicyclic) bond motifs is 1. The van der Waals surface area contributed by atoms with Gasteiger partial charge in [0.25, 0.3) is 5.91 Å². The summed E-state index contributed by atoms with van der Waals surface area (Å²) in [6, 6.07) is 13.4. The molecule has 0 bridgehead atoms. The van der Waals surface area contributed by atoms with Crippen LogP contribution in [0, 0.1) is 5.92 Å². The van der Waals surface area contributed by atoms with Gasteiger partial charge in [-0.05, 0) is 55.5 Å². The highest BCUT2D eigenvalue weighted by Crippen LogP contribution is 2.29. The number of methoxy groups -OCH3 is 1. The van der Waals surface area contributed by atoms with Gasteiger partial charge in [-0.3, -0.25) is 4.79 Å². The van der Waals surface area contributed by atoms with Crippen LogP contribution >= 0.6 is 0 Å². The van der Waals surface area contributed by atoms with Crippen molar-refractivity contribution in [2.24, 2.45) is 5.92 Å². The molecule has 8 heteroatoms. The van der Waals surface area contributed by atoms with Crippen LogP contribution in [0.2, 0.25) is 0 Å². The molecule has 0 atom stereocenters. The van der Waals surface area contributed by atoms with Gasteiger partial charge in [0.2, 0.25) is 11.7 Å². The number of hydrogen-bond acceptors (Lipinski definition) is 6. The van der Waals surface area contributed by atoms with Gasteiger partial charge in [-0.1, -0.05) is 43.0 Å². The molecule has 0 aliphatic heterocycles. The fourth-order valence-corrected chi connectivity index (χ4v) is 5.02. The number of hydrogen-bond donors (Lipinski definition) is 1. The van der Waals surface area contributed by atoms with Crippen LogP contribution in [-0.2, 0) is 13.0 Å². The average Bonchev–Trinajstić information content (AvgIpc) is 3.68. The monoisotopic (exact) mass is 487 g/mol. The van der Waals surface area contributed by atoms with E-state index in [0.717, 1.165) is 60.6 Å². The lowest BCUT2D eigenvalue weighted by Gasteiger charge is -2.09. The van der Waals surface area contributed by atoms with Gasteiger partial charge >= 0.3 is 0 Å². The number of amides is 1. The lowest BCUT2D eigenvalue weighted by molar-refractivity contribution is 0.0950. The minimum absolute atomic E-state index is 0.115. The number of unbranched alkanes of at least 4 members (excludes halogenated alkanes) is 1. The standard InChI is InChI=1S/C28H33N5O3/c1-35-25-11-5-4-10-22(25)28(34)29-16-6-7-17-33-19-30-23-18-21(13-14-24(23)33)27-31-26(36-32-27)15-12-20-8-2-3-9-20/h4-5,10-11,13-14,18-20H,2-3,6-9,12,15-17H2,1H3,(H,29,34). The van der Waals surface area contributed by atoms with E-state index in [1.54, 1.807) is 19.2 Å². The molecular weight excluding hydrogens is 454 g/mol. The molecule has 1 N–H and O–H groups in total. The fourth-order valence-electron chi connectivity index (χ4n) is 5.02. The van der Waals surface area contributed by atoms with E-state index in [1.807, 2.05) is 30.6 Å². The van der Waals surface area contributed by atoms with E-state index in [9.17, 15) is 4.79 Å². The summed E-state index contributed by atoms with van der Waals surface area (Å²) in [5, 5.41) is 7.18. The highest BCUT2D eigenvalue weighted by atomic mass is 16.5. The van der Waals surface area contributed by atoms with E-state index in [2.05, 4.69) is 31.1 Å². The topological polar surface area (TPSA) is 95.1 Å². The number of nitrogens with zero attached hydrogens (tertiary/aromatic N) is 4. The predicted molar refractivity (Wildman–Crippen MR) is 138 cm³/mol. The summed E-state index contributed by atoms with van der Waals surface area (Å²) in [5.74, 6) is 2.62. The van der Waals surface area contributed by atoms with Gasteiger partial charge in [0.05, 0.1) is 30.0 Å². The molecule has 8 nitrogen and oxygen atoms in total. The van der Waals surface area contributed by atoms with E-state index in [-0.39, 0.29) is 5.91 Å². The molecule has 188 valence electrons. The van der Waals surface area contributed by atoms with Gasteiger partial charge < -0.3 is 19.1 Å². The van der Waals surface area contributed by atoms with Crippen molar-refractivity contribution < 1.29 is 14.1 Å². The Morgan fingerprint density at radius 3 is 2.89 bits per heavy atom. The van der Waals surface area contributed by atoms with Crippen LogP contribution in [0.3, 0.4) is 0 Å². The Hall–Kier alpha value is -3.68. The zero-order valence-corrected chi connectivity index (χ0v) is 20.8. The Morgan fingerprint density at radius 1 is 1.17 bits per heavy atom. The van der Waals surface area contributed by atoms with Gasteiger partial charge in [0.1, 0.15) is 5.75 Å². The third-order valence-electron chi connectivity index (χ3n) is 7.05. The molecule has 1 aliphatic rings. The van der Waals surface area contributed by atoms with E-state index < -0.39 is 0 Å². The smallest absolute Gasteiger partial charge is 0.255 e. The number of carbonyl (C=O) groups is 1. The maximum Gasteiger partial charge on any atom is 0.255 e. The van der Waals surface area contributed by atoms with Gasteiger partial charge in [0, 0.05) is 25.1 Å². The molecule has 1 aliphatic carbocycles. The summed E-state index contributed by atoms with van der Waals surface area (Å²) < 4.78 is 12.9. The van der Waals surface area contributed by atoms with Crippen molar-refractivity contribution in [3.8, 4) is 17.1 Å². The molecule has 1 saturated carbocycles. The maximum atomic E-state index is 12.4. The van der Waals surface area contributed by atoms with Gasteiger partial charge in [-0.15, -0.1) is 0 Å². The van der Waals surface area contributed by atoms with Crippen LogP contribution in [0.4, 0.5) is 0 Å². The number of ether oxygens (including phenoxy) is 1. The molecule has 4 aromatic rings. The third kappa shape index (κ3) is 5.58. The van der Waals surface area contributed by atoms with Crippen LogP contribution in [0.25, 0.3) is 22.4 Å². The molecule has 0 spiro atoms. The lowest BCUT2D eigenvalue weighted by Crippen LogP contribution is -2.25.